The quantitative estimate of drug-likeness (QED) is 0.866. The van der Waals surface area contributed by atoms with Crippen LogP contribution in [0.1, 0.15) is 38.2 Å². The smallest absolute Gasteiger partial charge is 0.413 e. The molecule has 19 heavy (non-hydrogen) atoms. The average molecular weight is 266 g/mol. The van der Waals surface area contributed by atoms with E-state index in [9.17, 15) is 9.59 Å². The first-order valence-electron chi connectivity index (χ1n) is 5.92. The van der Waals surface area contributed by atoms with Crippen molar-refractivity contribution in [3.8, 4) is 0 Å². The number of rotatable bonds is 3. The predicted molar refractivity (Wildman–Crippen MR) is 69.9 cm³/mol. The number of anilines is 1. The van der Waals surface area contributed by atoms with Crippen LogP contribution in [-0.4, -0.2) is 34.1 Å². The summed E-state index contributed by atoms with van der Waals surface area (Å²) in [5.41, 5.74) is -0.394. The summed E-state index contributed by atoms with van der Waals surface area (Å²) in [7, 11) is 0. The van der Waals surface area contributed by atoms with E-state index >= 15 is 0 Å². The third-order valence-corrected chi connectivity index (χ3v) is 1.85. The second-order valence-electron chi connectivity index (χ2n) is 4.77. The summed E-state index contributed by atoms with van der Waals surface area (Å²) in [5.74, 6) is -0.0823. The highest BCUT2D eigenvalue weighted by Crippen LogP contribution is 2.09. The molecule has 2 N–H and O–H groups in total. The van der Waals surface area contributed by atoms with Crippen molar-refractivity contribution in [3.05, 3.63) is 18.1 Å². The van der Waals surface area contributed by atoms with Crippen molar-refractivity contribution in [3.63, 3.8) is 0 Å². The topological polar surface area (TPSA) is 93.2 Å². The molecule has 104 valence electrons. The van der Waals surface area contributed by atoms with E-state index in [0.29, 0.717) is 6.54 Å². The van der Waals surface area contributed by atoms with Crippen molar-refractivity contribution in [2.45, 2.75) is 33.3 Å². The Morgan fingerprint density at radius 1 is 1.26 bits per heavy atom. The molecule has 0 aliphatic carbocycles. The van der Waals surface area contributed by atoms with Crippen molar-refractivity contribution < 1.29 is 14.3 Å². The Bertz CT molecular complexity index is 451. The Morgan fingerprint density at radius 3 is 2.42 bits per heavy atom. The fourth-order valence-corrected chi connectivity index (χ4v) is 1.17. The number of carbonyl (C=O) groups is 2. The summed E-state index contributed by atoms with van der Waals surface area (Å²) in [4.78, 5) is 30.7. The summed E-state index contributed by atoms with van der Waals surface area (Å²) < 4.78 is 5.06. The van der Waals surface area contributed by atoms with Gasteiger partial charge in [-0.25, -0.2) is 14.8 Å². The number of carbonyl (C=O) groups excluding carboxylic acids is 2. The van der Waals surface area contributed by atoms with E-state index in [0.717, 1.165) is 0 Å². The van der Waals surface area contributed by atoms with Crippen molar-refractivity contribution >= 4 is 17.8 Å². The molecule has 1 aromatic heterocycles. The second-order valence-corrected chi connectivity index (χ2v) is 4.77. The molecule has 0 saturated carbocycles. The molecule has 0 spiro atoms. The van der Waals surface area contributed by atoms with Crippen molar-refractivity contribution in [1.29, 1.82) is 0 Å². The molecular weight excluding hydrogens is 248 g/mol. The van der Waals surface area contributed by atoms with Crippen LogP contribution in [0.15, 0.2) is 12.4 Å². The molecule has 0 aliphatic heterocycles. The van der Waals surface area contributed by atoms with Gasteiger partial charge in [0.15, 0.2) is 5.82 Å². The van der Waals surface area contributed by atoms with Crippen LogP contribution >= 0.6 is 0 Å². The van der Waals surface area contributed by atoms with Gasteiger partial charge in [0, 0.05) is 6.54 Å². The van der Waals surface area contributed by atoms with E-state index in [1.807, 2.05) is 6.92 Å². The van der Waals surface area contributed by atoms with Gasteiger partial charge in [-0.1, -0.05) is 0 Å². The van der Waals surface area contributed by atoms with Crippen LogP contribution in [0, 0.1) is 0 Å². The molecule has 0 saturated heterocycles. The van der Waals surface area contributed by atoms with Gasteiger partial charge in [-0.2, -0.15) is 0 Å². The standard InChI is InChI=1S/C12H18N4O3/c1-5-13-10(17)8-6-15-9(7-14-8)16-11(18)19-12(2,3)4/h6-7H,5H2,1-4H3,(H,13,17)(H,15,16,18). The molecule has 7 nitrogen and oxygen atoms in total. The summed E-state index contributed by atoms with van der Waals surface area (Å²) in [6, 6.07) is 0. The van der Waals surface area contributed by atoms with Crippen LogP contribution in [0.4, 0.5) is 10.6 Å². The van der Waals surface area contributed by atoms with Gasteiger partial charge < -0.3 is 10.1 Å². The number of amides is 2. The summed E-state index contributed by atoms with van der Waals surface area (Å²) in [6.07, 6.45) is 1.97. The number of ether oxygens (including phenoxy) is 1. The maximum Gasteiger partial charge on any atom is 0.413 e. The Balaban J connectivity index is 2.62. The van der Waals surface area contributed by atoms with Crippen LogP contribution in [0.25, 0.3) is 0 Å². The Hall–Kier alpha value is -2.18. The minimum atomic E-state index is -0.618. The molecule has 1 aromatic rings. The maximum absolute atomic E-state index is 11.5. The zero-order valence-corrected chi connectivity index (χ0v) is 11.5. The molecule has 1 heterocycles. The number of nitrogens with zero attached hydrogens (tertiary/aromatic N) is 2. The monoisotopic (exact) mass is 266 g/mol. The highest BCUT2D eigenvalue weighted by molar-refractivity contribution is 5.92. The van der Waals surface area contributed by atoms with Gasteiger partial charge in [0.2, 0.25) is 0 Å². The second kappa shape index (κ2) is 6.12. The Morgan fingerprint density at radius 2 is 1.95 bits per heavy atom. The molecule has 0 aliphatic rings. The molecule has 0 fully saturated rings. The fourth-order valence-electron chi connectivity index (χ4n) is 1.17. The summed E-state index contributed by atoms with van der Waals surface area (Å²) in [6.45, 7) is 7.60. The molecule has 0 unspecified atom stereocenters. The van der Waals surface area contributed by atoms with E-state index in [4.69, 9.17) is 4.74 Å². The first kappa shape index (κ1) is 14.9. The van der Waals surface area contributed by atoms with Gasteiger partial charge in [0.05, 0.1) is 12.4 Å². The summed E-state index contributed by atoms with van der Waals surface area (Å²) in [5, 5.41) is 5.03. The first-order chi connectivity index (χ1) is 8.81. The lowest BCUT2D eigenvalue weighted by Crippen LogP contribution is -2.28. The summed E-state index contributed by atoms with van der Waals surface area (Å²) >= 11 is 0. The molecular formula is C12H18N4O3. The normalized spacial score (nSPS) is 10.7. The number of hydrogen-bond acceptors (Lipinski definition) is 5. The highest BCUT2D eigenvalue weighted by Gasteiger charge is 2.16. The lowest BCUT2D eigenvalue weighted by Gasteiger charge is -2.19. The van der Waals surface area contributed by atoms with Crippen LogP contribution in [0.2, 0.25) is 0 Å². The number of aromatic nitrogens is 2. The van der Waals surface area contributed by atoms with Crippen LogP contribution in [0.5, 0.6) is 0 Å². The fraction of sp³-hybridized carbons (Fsp3) is 0.500. The van der Waals surface area contributed by atoms with Gasteiger partial charge in [-0.3, -0.25) is 10.1 Å². The van der Waals surface area contributed by atoms with Crippen molar-refractivity contribution in [2.24, 2.45) is 0 Å². The van der Waals surface area contributed by atoms with Crippen LogP contribution < -0.4 is 10.6 Å². The van der Waals surface area contributed by atoms with E-state index in [1.165, 1.54) is 12.4 Å². The largest absolute Gasteiger partial charge is 0.444 e. The van der Waals surface area contributed by atoms with Gasteiger partial charge in [0.1, 0.15) is 11.3 Å². The van der Waals surface area contributed by atoms with Gasteiger partial charge in [-0.15, -0.1) is 0 Å². The molecule has 0 bridgehead atoms. The number of hydrogen-bond donors (Lipinski definition) is 2. The minimum absolute atomic E-state index is 0.191. The van der Waals surface area contributed by atoms with Crippen LogP contribution in [-0.2, 0) is 4.74 Å². The molecule has 7 heteroatoms. The van der Waals surface area contributed by atoms with Gasteiger partial charge >= 0.3 is 6.09 Å². The first-order valence-corrected chi connectivity index (χ1v) is 5.92. The van der Waals surface area contributed by atoms with Crippen molar-refractivity contribution in [1.82, 2.24) is 15.3 Å². The third-order valence-electron chi connectivity index (χ3n) is 1.85. The molecule has 2 amide bonds. The zero-order valence-electron chi connectivity index (χ0n) is 11.5. The predicted octanol–water partition coefficient (Wildman–Crippen LogP) is 1.57. The number of nitrogens with one attached hydrogen (secondary N) is 2. The van der Waals surface area contributed by atoms with Gasteiger partial charge in [-0.05, 0) is 27.7 Å². The highest BCUT2D eigenvalue weighted by atomic mass is 16.6. The Kier molecular flexibility index (Phi) is 4.80. The van der Waals surface area contributed by atoms with Crippen LogP contribution in [0.3, 0.4) is 0 Å². The molecule has 0 atom stereocenters. The van der Waals surface area contributed by atoms with E-state index in [1.54, 1.807) is 20.8 Å². The zero-order chi connectivity index (χ0) is 14.5. The van der Waals surface area contributed by atoms with E-state index in [2.05, 4.69) is 20.6 Å². The molecule has 0 aromatic carbocycles. The maximum atomic E-state index is 11.5. The third kappa shape index (κ3) is 5.33. The van der Waals surface area contributed by atoms with Crippen molar-refractivity contribution in [2.75, 3.05) is 11.9 Å². The average Bonchev–Trinajstić information content (AvgIpc) is 2.27. The SMILES string of the molecule is CCNC(=O)c1cnc(NC(=O)OC(C)(C)C)cn1. The van der Waals surface area contributed by atoms with Gasteiger partial charge in [0.25, 0.3) is 5.91 Å². The molecule has 1 rings (SSSR count). The molecule has 0 radical (unpaired) electrons. The lowest BCUT2D eigenvalue weighted by atomic mass is 10.2. The Labute approximate surface area is 111 Å². The lowest BCUT2D eigenvalue weighted by molar-refractivity contribution is 0.0635. The minimum Gasteiger partial charge on any atom is -0.444 e. The van der Waals surface area contributed by atoms with E-state index in [-0.39, 0.29) is 17.4 Å². The van der Waals surface area contributed by atoms with E-state index < -0.39 is 11.7 Å².